The zero-order chi connectivity index (χ0) is 27.3. The minimum absolute atomic E-state index is 0.104. The number of piperidine rings is 1. The number of anilines is 2. The molecule has 3 heterocycles. The van der Waals surface area contributed by atoms with E-state index in [-0.39, 0.29) is 17.9 Å². The van der Waals surface area contributed by atoms with Crippen LogP contribution >= 0.6 is 0 Å². The van der Waals surface area contributed by atoms with Crippen molar-refractivity contribution in [3.8, 4) is 0 Å². The first-order valence-corrected chi connectivity index (χ1v) is 14.9. The number of aromatic nitrogens is 1. The third kappa shape index (κ3) is 6.39. The number of para-hydroxylation sites is 1. The molecular weight excluding hydrogens is 505 g/mol. The third-order valence-electron chi connectivity index (χ3n) is 8.71. The molecule has 3 aliphatic rings. The number of morpholine rings is 1. The van der Waals surface area contributed by atoms with E-state index in [1.807, 2.05) is 29.2 Å². The largest absolute Gasteiger partial charge is 0.378 e. The average Bonchev–Trinajstić information content (AvgIpc) is 3.50. The van der Waals surface area contributed by atoms with Gasteiger partial charge in [-0.15, -0.1) is 0 Å². The highest BCUT2D eigenvalue weighted by molar-refractivity contribution is 5.92. The highest BCUT2D eigenvalue weighted by Crippen LogP contribution is 2.29. The Bertz CT molecular complexity index is 1300. The van der Waals surface area contributed by atoms with Crippen molar-refractivity contribution in [2.24, 2.45) is 5.92 Å². The zero-order valence-electron chi connectivity index (χ0n) is 23.2. The van der Waals surface area contributed by atoms with Crippen LogP contribution in [0.4, 0.5) is 20.6 Å². The average molecular weight is 546 g/mol. The molecule has 1 aliphatic carbocycles. The van der Waals surface area contributed by atoms with E-state index in [9.17, 15) is 4.79 Å². The fraction of sp³-hybridized carbons (Fsp3) is 0.500. The van der Waals surface area contributed by atoms with Gasteiger partial charge in [-0.25, -0.2) is 9.18 Å². The van der Waals surface area contributed by atoms with Gasteiger partial charge in [0.1, 0.15) is 5.82 Å². The van der Waals surface area contributed by atoms with Gasteiger partial charge in [0.15, 0.2) is 0 Å². The van der Waals surface area contributed by atoms with Gasteiger partial charge in [0.2, 0.25) is 0 Å². The summed E-state index contributed by atoms with van der Waals surface area (Å²) < 4.78 is 20.8. The summed E-state index contributed by atoms with van der Waals surface area (Å²) in [5.41, 5.74) is 3.34. The third-order valence-corrected chi connectivity index (χ3v) is 8.71. The Morgan fingerprint density at radius 3 is 2.52 bits per heavy atom. The molecule has 2 amide bonds. The normalized spacial score (nSPS) is 19.3. The number of benzene rings is 2. The van der Waals surface area contributed by atoms with Crippen molar-refractivity contribution in [1.82, 2.24) is 15.2 Å². The van der Waals surface area contributed by atoms with Crippen molar-refractivity contribution < 1.29 is 13.9 Å². The number of amides is 2. The van der Waals surface area contributed by atoms with Crippen LogP contribution in [0.3, 0.4) is 0 Å². The van der Waals surface area contributed by atoms with Crippen LogP contribution in [0.25, 0.3) is 10.9 Å². The smallest absolute Gasteiger partial charge is 0.322 e. The second-order valence-electron chi connectivity index (χ2n) is 11.5. The minimum atomic E-state index is -0.282. The number of carbonyl (C=O) groups is 1. The molecule has 8 heteroatoms. The molecular formula is C32H40FN5O2. The minimum Gasteiger partial charge on any atom is -0.378 e. The Hall–Kier alpha value is -3.23. The monoisotopic (exact) mass is 545 g/mol. The molecule has 7 nitrogen and oxygen atoms in total. The molecule has 3 aromatic rings. The van der Waals surface area contributed by atoms with E-state index in [0.717, 1.165) is 74.8 Å². The first-order chi connectivity index (χ1) is 19.6. The molecule has 6 rings (SSSR count). The number of carbonyl (C=O) groups excluding carboxylic acids is 1. The lowest BCUT2D eigenvalue weighted by atomic mass is 9.95. The molecule has 1 N–H and O–H groups in total. The van der Waals surface area contributed by atoms with Gasteiger partial charge < -0.3 is 15.0 Å². The number of hydrogen-bond donors (Lipinski definition) is 1. The quantitative estimate of drug-likeness (QED) is 0.420. The maximum absolute atomic E-state index is 15.3. The maximum atomic E-state index is 15.3. The van der Waals surface area contributed by atoms with E-state index in [2.05, 4.69) is 34.5 Å². The molecule has 0 atom stereocenters. The maximum Gasteiger partial charge on any atom is 0.322 e. The topological polar surface area (TPSA) is 60.9 Å². The summed E-state index contributed by atoms with van der Waals surface area (Å²) in [6, 6.07) is 17.9. The predicted molar refractivity (Wildman–Crippen MR) is 157 cm³/mol. The van der Waals surface area contributed by atoms with Crippen LogP contribution in [0.2, 0.25) is 0 Å². The highest BCUT2D eigenvalue weighted by atomic mass is 19.1. The van der Waals surface area contributed by atoms with Crippen LogP contribution in [0, 0.1) is 11.7 Å². The van der Waals surface area contributed by atoms with Crippen molar-refractivity contribution in [2.45, 2.75) is 51.1 Å². The van der Waals surface area contributed by atoms with Gasteiger partial charge in [-0.2, -0.15) is 0 Å². The SMILES string of the molecule is O=C(NC1CCCC1)N(CC1CCN(Cc2ccc3ccccc3n2)CC1)c1ccc(N2CCOCC2)c(F)c1. The summed E-state index contributed by atoms with van der Waals surface area (Å²) in [6.45, 7) is 5.90. The second-order valence-corrected chi connectivity index (χ2v) is 11.5. The number of rotatable bonds is 7. The molecule has 212 valence electrons. The number of fused-ring (bicyclic) bond motifs is 1. The van der Waals surface area contributed by atoms with E-state index in [4.69, 9.17) is 9.72 Å². The number of ether oxygens (including phenoxy) is 1. The molecule has 2 aliphatic heterocycles. The van der Waals surface area contributed by atoms with Crippen molar-refractivity contribution in [1.29, 1.82) is 0 Å². The van der Waals surface area contributed by atoms with Crippen LogP contribution in [0.15, 0.2) is 54.6 Å². The molecule has 0 radical (unpaired) electrons. The highest BCUT2D eigenvalue weighted by Gasteiger charge is 2.28. The van der Waals surface area contributed by atoms with Crippen LogP contribution in [0.1, 0.15) is 44.2 Å². The van der Waals surface area contributed by atoms with Crippen LogP contribution in [0.5, 0.6) is 0 Å². The number of likely N-dealkylation sites (tertiary alicyclic amines) is 1. The van der Waals surface area contributed by atoms with Crippen LogP contribution < -0.4 is 15.1 Å². The molecule has 0 unspecified atom stereocenters. The lowest BCUT2D eigenvalue weighted by molar-refractivity contribution is 0.122. The van der Waals surface area contributed by atoms with E-state index >= 15 is 4.39 Å². The summed E-state index contributed by atoms with van der Waals surface area (Å²) in [5, 5.41) is 4.40. The predicted octanol–water partition coefficient (Wildman–Crippen LogP) is 5.58. The first-order valence-electron chi connectivity index (χ1n) is 14.9. The number of halogens is 1. The number of pyridine rings is 1. The van der Waals surface area contributed by atoms with E-state index < -0.39 is 0 Å². The second kappa shape index (κ2) is 12.5. The van der Waals surface area contributed by atoms with Crippen molar-refractivity contribution in [3.63, 3.8) is 0 Å². The van der Waals surface area contributed by atoms with Crippen molar-refractivity contribution in [2.75, 3.05) is 55.7 Å². The van der Waals surface area contributed by atoms with Crippen molar-refractivity contribution in [3.05, 3.63) is 66.1 Å². The Balaban J connectivity index is 1.11. The van der Waals surface area contributed by atoms with Gasteiger partial charge in [-0.1, -0.05) is 37.1 Å². The van der Waals surface area contributed by atoms with Crippen LogP contribution in [-0.2, 0) is 11.3 Å². The van der Waals surface area contributed by atoms with E-state index in [0.29, 0.717) is 50.1 Å². The molecule has 1 saturated carbocycles. The van der Waals surface area contributed by atoms with Gasteiger partial charge >= 0.3 is 6.03 Å². The zero-order valence-corrected chi connectivity index (χ0v) is 23.2. The number of nitrogens with one attached hydrogen (secondary N) is 1. The van der Waals surface area contributed by atoms with Crippen LogP contribution in [-0.4, -0.2) is 67.9 Å². The summed E-state index contributed by atoms with van der Waals surface area (Å²) in [6.07, 6.45) is 6.33. The van der Waals surface area contributed by atoms with Gasteiger partial charge in [0.05, 0.1) is 30.1 Å². The summed E-state index contributed by atoms with van der Waals surface area (Å²) >= 11 is 0. The lowest BCUT2D eigenvalue weighted by Crippen LogP contribution is -2.47. The summed E-state index contributed by atoms with van der Waals surface area (Å²) in [4.78, 5) is 24.6. The molecule has 2 saturated heterocycles. The Morgan fingerprint density at radius 2 is 1.75 bits per heavy atom. The number of hydrogen-bond acceptors (Lipinski definition) is 5. The Kier molecular flexibility index (Phi) is 8.44. The molecule has 0 spiro atoms. The van der Waals surface area contributed by atoms with Gasteiger partial charge in [-0.3, -0.25) is 14.8 Å². The first kappa shape index (κ1) is 27.0. The van der Waals surface area contributed by atoms with Gasteiger partial charge in [0.25, 0.3) is 0 Å². The van der Waals surface area contributed by atoms with Gasteiger partial charge in [0, 0.05) is 43.3 Å². The molecule has 2 aromatic carbocycles. The Labute approximate surface area is 236 Å². The van der Waals surface area contributed by atoms with E-state index in [1.165, 1.54) is 0 Å². The van der Waals surface area contributed by atoms with E-state index in [1.54, 1.807) is 11.0 Å². The molecule has 3 fully saturated rings. The van der Waals surface area contributed by atoms with Gasteiger partial charge in [-0.05, 0) is 75.0 Å². The standard InChI is InChI=1S/C32H40FN5O2/c33-29-21-28(11-12-31(29)37-17-19-40-20-18-37)38(32(39)35-26-6-2-3-7-26)22-24-13-15-36(16-14-24)23-27-10-9-25-5-1-4-8-30(25)34-27/h1,4-5,8-12,21,24,26H,2-3,6-7,13-20,22-23H2,(H,35,39). The fourth-order valence-corrected chi connectivity index (χ4v) is 6.36. The number of urea groups is 1. The fourth-order valence-electron chi connectivity index (χ4n) is 6.36. The van der Waals surface area contributed by atoms with Crippen molar-refractivity contribution >= 4 is 28.3 Å². The summed E-state index contributed by atoms with van der Waals surface area (Å²) in [5.74, 6) is 0.0768. The lowest BCUT2D eigenvalue weighted by Gasteiger charge is -2.35. The molecule has 1 aromatic heterocycles. The number of nitrogens with zero attached hydrogens (tertiary/aromatic N) is 4. The molecule has 40 heavy (non-hydrogen) atoms. The summed E-state index contributed by atoms with van der Waals surface area (Å²) in [7, 11) is 0. The molecule has 0 bridgehead atoms. The Morgan fingerprint density at radius 1 is 0.975 bits per heavy atom.